The van der Waals surface area contributed by atoms with E-state index < -0.39 is 17.6 Å². The monoisotopic (exact) mass is 304 g/mol. The van der Waals surface area contributed by atoms with Gasteiger partial charge in [-0.1, -0.05) is 12.5 Å². The van der Waals surface area contributed by atoms with Crippen LogP contribution < -0.4 is 5.32 Å². The molecule has 0 aliphatic carbocycles. The molecule has 1 aromatic rings. The molecule has 1 unspecified atom stereocenters. The quantitative estimate of drug-likeness (QED) is 0.858. The second-order valence-electron chi connectivity index (χ2n) is 5.57. The second-order valence-corrected chi connectivity index (χ2v) is 5.57. The van der Waals surface area contributed by atoms with Crippen LogP contribution in [0.3, 0.4) is 0 Å². The molecule has 0 bridgehead atoms. The zero-order valence-electron chi connectivity index (χ0n) is 12.0. The van der Waals surface area contributed by atoms with Crippen molar-refractivity contribution in [3.63, 3.8) is 0 Å². The molecule has 1 saturated heterocycles. The number of hydrogen-bond acceptors (Lipinski definition) is 2. The van der Waals surface area contributed by atoms with Crippen LogP contribution in [0.5, 0.6) is 0 Å². The van der Waals surface area contributed by atoms with E-state index in [0.29, 0.717) is 18.2 Å². The Morgan fingerprint density at radius 3 is 2.71 bits per heavy atom. The summed E-state index contributed by atoms with van der Waals surface area (Å²) in [6.45, 7) is 2.10. The molecule has 1 fully saturated rings. The Hall–Kier alpha value is -1.14. The van der Waals surface area contributed by atoms with Crippen LogP contribution in [0.4, 0.5) is 17.6 Å². The lowest BCUT2D eigenvalue weighted by atomic mass is 10.0. The van der Waals surface area contributed by atoms with Crippen molar-refractivity contribution in [1.82, 2.24) is 10.2 Å². The van der Waals surface area contributed by atoms with E-state index >= 15 is 0 Å². The first-order valence-electron chi connectivity index (χ1n) is 7.14. The molecule has 0 radical (unpaired) electrons. The molecule has 0 saturated carbocycles. The third-order valence-corrected chi connectivity index (χ3v) is 3.97. The summed E-state index contributed by atoms with van der Waals surface area (Å²) in [7, 11) is 2.06. The zero-order valence-corrected chi connectivity index (χ0v) is 12.0. The maximum absolute atomic E-state index is 13.2. The van der Waals surface area contributed by atoms with E-state index in [1.807, 2.05) is 0 Å². The highest BCUT2D eigenvalue weighted by atomic mass is 19.4. The fourth-order valence-electron chi connectivity index (χ4n) is 2.68. The van der Waals surface area contributed by atoms with Gasteiger partial charge in [-0.2, -0.15) is 13.2 Å². The van der Waals surface area contributed by atoms with Gasteiger partial charge < -0.3 is 10.2 Å². The van der Waals surface area contributed by atoms with Crippen LogP contribution in [0.1, 0.15) is 30.4 Å². The van der Waals surface area contributed by atoms with E-state index in [-0.39, 0.29) is 0 Å². The van der Waals surface area contributed by atoms with Crippen molar-refractivity contribution in [2.75, 3.05) is 20.1 Å². The Kier molecular flexibility index (Phi) is 5.22. The highest BCUT2D eigenvalue weighted by molar-refractivity contribution is 5.27. The van der Waals surface area contributed by atoms with Gasteiger partial charge in [0.05, 0.1) is 5.56 Å². The van der Waals surface area contributed by atoms with Gasteiger partial charge in [-0.05, 0) is 44.1 Å². The Morgan fingerprint density at radius 1 is 1.29 bits per heavy atom. The summed E-state index contributed by atoms with van der Waals surface area (Å²) in [6.07, 6.45) is -1.17. The number of likely N-dealkylation sites (tertiary alicyclic amines) is 1. The lowest BCUT2D eigenvalue weighted by Crippen LogP contribution is -2.42. The minimum atomic E-state index is -4.65. The van der Waals surface area contributed by atoms with E-state index in [1.54, 1.807) is 0 Å². The highest BCUT2D eigenvalue weighted by Crippen LogP contribution is 2.31. The maximum atomic E-state index is 13.2. The van der Waals surface area contributed by atoms with Gasteiger partial charge in [-0.15, -0.1) is 0 Å². The predicted molar refractivity (Wildman–Crippen MR) is 73.4 cm³/mol. The first-order valence-corrected chi connectivity index (χ1v) is 7.14. The molecule has 2 nitrogen and oxygen atoms in total. The smallest absolute Gasteiger partial charge is 0.311 e. The first-order chi connectivity index (χ1) is 9.88. The van der Waals surface area contributed by atoms with Gasteiger partial charge in [0, 0.05) is 19.1 Å². The standard InChI is InChI=1S/C15H20F4N2/c1-21-7-3-2-4-12(21)10-20-9-11-5-6-14(16)13(8-11)15(17,18)19/h5-6,8,12,20H,2-4,7,9-10H2,1H3. The van der Waals surface area contributed by atoms with E-state index in [4.69, 9.17) is 0 Å². The van der Waals surface area contributed by atoms with Crippen LogP contribution in [0.25, 0.3) is 0 Å². The minimum Gasteiger partial charge on any atom is -0.311 e. The molecule has 1 heterocycles. The van der Waals surface area contributed by atoms with Gasteiger partial charge in [0.1, 0.15) is 5.82 Å². The zero-order chi connectivity index (χ0) is 15.5. The van der Waals surface area contributed by atoms with Crippen molar-refractivity contribution < 1.29 is 17.6 Å². The summed E-state index contributed by atoms with van der Waals surface area (Å²) in [5.41, 5.74) is -0.751. The third-order valence-electron chi connectivity index (χ3n) is 3.97. The molecule has 6 heteroatoms. The van der Waals surface area contributed by atoms with Crippen molar-refractivity contribution in [3.05, 3.63) is 35.1 Å². The molecule has 0 amide bonds. The summed E-state index contributed by atoms with van der Waals surface area (Å²) in [4.78, 5) is 2.27. The molecule has 21 heavy (non-hydrogen) atoms. The summed E-state index contributed by atoms with van der Waals surface area (Å²) >= 11 is 0. The van der Waals surface area contributed by atoms with E-state index in [2.05, 4.69) is 17.3 Å². The number of nitrogens with zero attached hydrogens (tertiary/aromatic N) is 1. The van der Waals surface area contributed by atoms with Crippen LogP contribution in [-0.4, -0.2) is 31.1 Å². The third kappa shape index (κ3) is 4.41. The number of nitrogens with one attached hydrogen (secondary N) is 1. The van der Waals surface area contributed by atoms with E-state index in [1.165, 1.54) is 18.9 Å². The lowest BCUT2D eigenvalue weighted by molar-refractivity contribution is -0.140. The fraction of sp³-hybridized carbons (Fsp3) is 0.600. The molecular weight excluding hydrogens is 284 g/mol. The van der Waals surface area contributed by atoms with Crippen LogP contribution in [0.15, 0.2) is 18.2 Å². The highest BCUT2D eigenvalue weighted by Gasteiger charge is 2.34. The molecule has 1 atom stereocenters. The van der Waals surface area contributed by atoms with Crippen LogP contribution in [-0.2, 0) is 12.7 Å². The van der Waals surface area contributed by atoms with Crippen molar-refractivity contribution in [1.29, 1.82) is 0 Å². The number of rotatable bonds is 4. The van der Waals surface area contributed by atoms with Crippen LogP contribution in [0, 0.1) is 5.82 Å². The van der Waals surface area contributed by atoms with Crippen LogP contribution >= 0.6 is 0 Å². The molecule has 0 spiro atoms. The topological polar surface area (TPSA) is 15.3 Å². The Labute approximate surface area is 122 Å². The Balaban J connectivity index is 1.91. The molecular formula is C15H20F4N2. The largest absolute Gasteiger partial charge is 0.419 e. The molecule has 2 rings (SSSR count). The molecule has 0 aromatic heterocycles. The lowest BCUT2D eigenvalue weighted by Gasteiger charge is -2.32. The van der Waals surface area contributed by atoms with Gasteiger partial charge >= 0.3 is 6.18 Å². The number of benzene rings is 1. The number of piperidine rings is 1. The number of likely N-dealkylation sites (N-methyl/N-ethyl adjacent to an activating group) is 1. The van der Waals surface area contributed by atoms with Crippen molar-refractivity contribution in [3.8, 4) is 0 Å². The molecule has 118 valence electrons. The van der Waals surface area contributed by atoms with E-state index in [0.717, 1.165) is 31.6 Å². The SMILES string of the molecule is CN1CCCCC1CNCc1ccc(F)c(C(F)(F)F)c1. The number of hydrogen-bond donors (Lipinski definition) is 1. The van der Waals surface area contributed by atoms with E-state index in [9.17, 15) is 17.6 Å². The van der Waals surface area contributed by atoms with Gasteiger partial charge in [0.25, 0.3) is 0 Å². The summed E-state index contributed by atoms with van der Waals surface area (Å²) < 4.78 is 51.1. The van der Waals surface area contributed by atoms with Crippen LogP contribution in [0.2, 0.25) is 0 Å². The van der Waals surface area contributed by atoms with Gasteiger partial charge in [-0.25, -0.2) is 4.39 Å². The van der Waals surface area contributed by atoms with Gasteiger partial charge in [-0.3, -0.25) is 0 Å². The fourth-order valence-corrected chi connectivity index (χ4v) is 2.68. The average molecular weight is 304 g/mol. The van der Waals surface area contributed by atoms with Gasteiger partial charge in [0.15, 0.2) is 0 Å². The first kappa shape index (κ1) is 16.2. The second kappa shape index (κ2) is 6.75. The minimum absolute atomic E-state index is 0.313. The number of alkyl halides is 3. The molecule has 1 N–H and O–H groups in total. The maximum Gasteiger partial charge on any atom is 0.419 e. The molecule has 1 aliphatic rings. The Morgan fingerprint density at radius 2 is 2.05 bits per heavy atom. The summed E-state index contributed by atoms with van der Waals surface area (Å²) in [6, 6.07) is 3.57. The van der Waals surface area contributed by atoms with Gasteiger partial charge in [0.2, 0.25) is 0 Å². The number of halogens is 4. The molecule has 1 aromatic carbocycles. The predicted octanol–water partition coefficient (Wildman–Crippen LogP) is 3.42. The van der Waals surface area contributed by atoms with Crippen molar-refractivity contribution in [2.24, 2.45) is 0 Å². The summed E-state index contributed by atoms with van der Waals surface area (Å²) in [5, 5.41) is 3.17. The normalized spacial score (nSPS) is 20.7. The molecule has 1 aliphatic heterocycles. The van der Waals surface area contributed by atoms with Crippen molar-refractivity contribution >= 4 is 0 Å². The summed E-state index contributed by atoms with van der Waals surface area (Å²) in [5.74, 6) is -1.22. The van der Waals surface area contributed by atoms with Crippen molar-refractivity contribution in [2.45, 2.75) is 38.0 Å². The Bertz CT molecular complexity index is 473. The average Bonchev–Trinajstić information content (AvgIpc) is 2.41.